The molecule has 2 rings (SSSR count). The number of carbonyl (C=O) groups is 2. The van der Waals surface area contributed by atoms with E-state index in [9.17, 15) is 9.59 Å². The molecule has 0 aliphatic carbocycles. The molecule has 0 aromatic heterocycles. The number of hydrogen-bond donors (Lipinski definition) is 3. The van der Waals surface area contributed by atoms with E-state index in [2.05, 4.69) is 37.1 Å². The second kappa shape index (κ2) is 11.1. The van der Waals surface area contributed by atoms with Crippen molar-refractivity contribution in [2.45, 2.75) is 6.42 Å². The van der Waals surface area contributed by atoms with Gasteiger partial charge in [-0.3, -0.25) is 9.59 Å². The van der Waals surface area contributed by atoms with Gasteiger partial charge < -0.3 is 15.4 Å². The molecule has 0 radical (unpaired) electrons. The maximum Gasteiger partial charge on any atom is 0.329 e. The van der Waals surface area contributed by atoms with Gasteiger partial charge in [0.25, 0.3) is 0 Å². The molecule has 8 heteroatoms. The van der Waals surface area contributed by atoms with Crippen LogP contribution in [0.25, 0.3) is 0 Å². The molecule has 3 N–H and O–H groups in total. The van der Waals surface area contributed by atoms with Crippen LogP contribution in [0.3, 0.4) is 0 Å². The number of hydrazone groups is 1. The van der Waals surface area contributed by atoms with Crippen LogP contribution in [0, 0.1) is 0 Å². The lowest BCUT2D eigenvalue weighted by Gasteiger charge is -2.10. The van der Waals surface area contributed by atoms with Gasteiger partial charge in [-0.1, -0.05) is 34.1 Å². The number of anilines is 2. The maximum absolute atomic E-state index is 11.7. The molecule has 0 saturated heterocycles. The third-order valence-corrected chi connectivity index (χ3v) is 3.95. The van der Waals surface area contributed by atoms with Gasteiger partial charge in [-0.05, 0) is 36.8 Å². The normalized spacial score (nSPS) is 10.6. The number of para-hydroxylation sites is 1. The number of rotatable bonds is 8. The van der Waals surface area contributed by atoms with Gasteiger partial charge in [-0.25, -0.2) is 5.43 Å². The van der Waals surface area contributed by atoms with Gasteiger partial charge in [0.1, 0.15) is 0 Å². The molecular weight excluding hydrogens is 412 g/mol. The Bertz CT molecular complexity index is 797. The van der Waals surface area contributed by atoms with Crippen molar-refractivity contribution in [2.24, 2.45) is 5.10 Å². The highest BCUT2D eigenvalue weighted by atomic mass is 79.9. The van der Waals surface area contributed by atoms with E-state index >= 15 is 0 Å². The van der Waals surface area contributed by atoms with Crippen LogP contribution in [0.2, 0.25) is 0 Å². The first-order chi connectivity index (χ1) is 13.1. The van der Waals surface area contributed by atoms with Crippen LogP contribution in [-0.4, -0.2) is 38.3 Å². The fourth-order valence-corrected chi connectivity index (χ4v) is 2.52. The minimum absolute atomic E-state index is 0.362. The van der Waals surface area contributed by atoms with E-state index in [0.29, 0.717) is 19.6 Å². The summed E-state index contributed by atoms with van der Waals surface area (Å²) in [7, 11) is 1.58. The lowest BCUT2D eigenvalue weighted by Crippen LogP contribution is -2.38. The third kappa shape index (κ3) is 7.20. The van der Waals surface area contributed by atoms with Crippen molar-refractivity contribution in [3.05, 3.63) is 58.6 Å². The Morgan fingerprint density at radius 2 is 1.93 bits per heavy atom. The SMILES string of the molecule is COCCCNC(=O)C(=O)N/N=C\c1cc(Br)ccc1Nc1ccccc1. The monoisotopic (exact) mass is 432 g/mol. The average molecular weight is 433 g/mol. The first kappa shape index (κ1) is 20.6. The second-order valence-electron chi connectivity index (χ2n) is 5.52. The van der Waals surface area contributed by atoms with Crippen molar-refractivity contribution in [2.75, 3.05) is 25.6 Å². The van der Waals surface area contributed by atoms with Crippen LogP contribution in [-0.2, 0) is 14.3 Å². The number of ether oxygens (including phenoxy) is 1. The molecule has 0 aliphatic heterocycles. The highest BCUT2D eigenvalue weighted by molar-refractivity contribution is 9.10. The summed E-state index contributed by atoms with van der Waals surface area (Å²) in [5, 5.41) is 9.66. The number of nitrogens with one attached hydrogen (secondary N) is 3. The number of methoxy groups -OCH3 is 1. The summed E-state index contributed by atoms with van der Waals surface area (Å²) >= 11 is 3.42. The smallest absolute Gasteiger partial charge is 0.329 e. The number of carbonyl (C=O) groups excluding carboxylic acids is 2. The summed E-state index contributed by atoms with van der Waals surface area (Å²) in [4.78, 5) is 23.4. The summed E-state index contributed by atoms with van der Waals surface area (Å²) in [6.45, 7) is 0.876. The summed E-state index contributed by atoms with van der Waals surface area (Å²) in [5.74, 6) is -1.56. The minimum atomic E-state index is -0.823. The number of hydrogen-bond acceptors (Lipinski definition) is 5. The van der Waals surface area contributed by atoms with Crippen molar-refractivity contribution in [3.63, 3.8) is 0 Å². The van der Waals surface area contributed by atoms with Gasteiger partial charge in [0, 0.05) is 41.7 Å². The molecule has 0 spiro atoms. The molecule has 0 unspecified atom stereocenters. The van der Waals surface area contributed by atoms with E-state index in [4.69, 9.17) is 4.74 Å². The fraction of sp³-hybridized carbons (Fsp3) is 0.211. The van der Waals surface area contributed by atoms with Crippen LogP contribution in [0.1, 0.15) is 12.0 Å². The van der Waals surface area contributed by atoms with E-state index in [1.54, 1.807) is 7.11 Å². The Balaban J connectivity index is 1.96. The molecule has 0 fully saturated rings. The zero-order valence-electron chi connectivity index (χ0n) is 14.9. The van der Waals surface area contributed by atoms with Crippen LogP contribution in [0.5, 0.6) is 0 Å². The molecular formula is C19H21BrN4O3. The maximum atomic E-state index is 11.7. The summed E-state index contributed by atoms with van der Waals surface area (Å²) < 4.78 is 5.74. The van der Waals surface area contributed by atoms with Crippen LogP contribution in [0.15, 0.2) is 58.1 Å². The van der Waals surface area contributed by atoms with E-state index in [1.165, 1.54) is 6.21 Å². The van der Waals surface area contributed by atoms with Crippen molar-refractivity contribution < 1.29 is 14.3 Å². The quantitative estimate of drug-likeness (QED) is 0.259. The molecule has 2 amide bonds. The van der Waals surface area contributed by atoms with Crippen molar-refractivity contribution in [1.82, 2.24) is 10.7 Å². The highest BCUT2D eigenvalue weighted by Crippen LogP contribution is 2.23. The van der Waals surface area contributed by atoms with Gasteiger partial charge in [0.15, 0.2) is 0 Å². The van der Waals surface area contributed by atoms with Gasteiger partial charge in [0.2, 0.25) is 0 Å². The summed E-state index contributed by atoms with van der Waals surface area (Å²) in [6.07, 6.45) is 2.11. The number of benzene rings is 2. The zero-order chi connectivity index (χ0) is 19.5. The number of halogens is 1. The molecule has 142 valence electrons. The predicted octanol–water partition coefficient (Wildman–Crippen LogP) is 2.80. The molecule has 0 bridgehead atoms. The molecule has 2 aromatic rings. The van der Waals surface area contributed by atoms with E-state index in [1.807, 2.05) is 48.5 Å². The first-order valence-corrected chi connectivity index (χ1v) is 9.11. The van der Waals surface area contributed by atoms with Crippen LogP contribution >= 0.6 is 15.9 Å². The molecule has 2 aromatic carbocycles. The Morgan fingerprint density at radius 1 is 1.15 bits per heavy atom. The Hall–Kier alpha value is -2.71. The average Bonchev–Trinajstić information content (AvgIpc) is 2.68. The van der Waals surface area contributed by atoms with Gasteiger partial charge in [-0.15, -0.1) is 0 Å². The van der Waals surface area contributed by atoms with Gasteiger partial charge in [-0.2, -0.15) is 5.10 Å². The summed E-state index contributed by atoms with van der Waals surface area (Å²) in [6, 6.07) is 15.3. The van der Waals surface area contributed by atoms with E-state index in [0.717, 1.165) is 21.4 Å². The van der Waals surface area contributed by atoms with Gasteiger partial charge in [0.05, 0.1) is 6.21 Å². The minimum Gasteiger partial charge on any atom is -0.385 e. The number of nitrogens with zero attached hydrogens (tertiary/aromatic N) is 1. The Kier molecular flexibility index (Phi) is 8.47. The second-order valence-corrected chi connectivity index (χ2v) is 6.44. The predicted molar refractivity (Wildman–Crippen MR) is 109 cm³/mol. The highest BCUT2D eigenvalue weighted by Gasteiger charge is 2.11. The largest absolute Gasteiger partial charge is 0.385 e. The van der Waals surface area contributed by atoms with Crippen LogP contribution < -0.4 is 16.1 Å². The molecule has 27 heavy (non-hydrogen) atoms. The lowest BCUT2D eigenvalue weighted by molar-refractivity contribution is -0.139. The van der Waals surface area contributed by atoms with Crippen molar-refractivity contribution >= 4 is 45.3 Å². The lowest BCUT2D eigenvalue weighted by atomic mass is 10.2. The molecule has 0 atom stereocenters. The fourth-order valence-electron chi connectivity index (χ4n) is 2.14. The Morgan fingerprint density at radius 3 is 2.67 bits per heavy atom. The third-order valence-electron chi connectivity index (χ3n) is 3.45. The van der Waals surface area contributed by atoms with Gasteiger partial charge >= 0.3 is 11.8 Å². The van der Waals surface area contributed by atoms with Crippen molar-refractivity contribution in [1.29, 1.82) is 0 Å². The summed E-state index contributed by atoms with van der Waals surface area (Å²) in [5.41, 5.74) is 4.71. The Labute approximate surface area is 166 Å². The topological polar surface area (TPSA) is 91.8 Å². The molecule has 7 nitrogen and oxygen atoms in total. The van der Waals surface area contributed by atoms with Crippen LogP contribution in [0.4, 0.5) is 11.4 Å². The van der Waals surface area contributed by atoms with E-state index in [-0.39, 0.29) is 0 Å². The van der Waals surface area contributed by atoms with E-state index < -0.39 is 11.8 Å². The van der Waals surface area contributed by atoms with Crippen molar-refractivity contribution in [3.8, 4) is 0 Å². The molecule has 0 saturated carbocycles. The molecule has 0 aliphatic rings. The molecule has 0 heterocycles. The number of amides is 2. The first-order valence-electron chi connectivity index (χ1n) is 8.32. The zero-order valence-corrected chi connectivity index (χ0v) is 16.5. The standard InChI is InChI=1S/C19H21BrN4O3/c1-27-11-5-10-21-18(25)19(26)24-22-13-14-12-15(20)8-9-17(14)23-16-6-3-2-4-7-16/h2-4,6-9,12-13,23H,5,10-11H2,1H3,(H,21,25)(H,24,26)/b22-13-.